The lowest BCUT2D eigenvalue weighted by atomic mass is 9.71. The number of fused-ring (bicyclic) bond motifs is 2. The highest BCUT2D eigenvalue weighted by Crippen LogP contribution is 2.57. The third-order valence-corrected chi connectivity index (χ3v) is 6.54. The van der Waals surface area contributed by atoms with Crippen LogP contribution in [0.15, 0.2) is 0 Å². The Morgan fingerprint density at radius 3 is 2.58 bits per heavy atom. The van der Waals surface area contributed by atoms with Gasteiger partial charge in [0.05, 0.1) is 19.1 Å². The van der Waals surface area contributed by atoms with Gasteiger partial charge in [0, 0.05) is 19.2 Å². The van der Waals surface area contributed by atoms with Crippen LogP contribution >= 0.6 is 0 Å². The molecule has 0 aromatic rings. The Bertz CT molecular complexity index is 498. The molecule has 6 heteroatoms. The normalized spacial score (nSPS) is 32.3. The minimum absolute atomic E-state index is 0.0551. The number of esters is 1. The molecule has 2 saturated carbocycles. The van der Waals surface area contributed by atoms with Crippen LogP contribution in [-0.4, -0.2) is 48.8 Å². The van der Waals surface area contributed by atoms with Gasteiger partial charge in [-0.3, -0.25) is 9.59 Å². The molecule has 0 saturated heterocycles. The van der Waals surface area contributed by atoms with Gasteiger partial charge in [0.2, 0.25) is 5.91 Å². The van der Waals surface area contributed by atoms with Crippen LogP contribution in [0.3, 0.4) is 0 Å². The first kappa shape index (κ1) is 21.2. The van der Waals surface area contributed by atoms with Gasteiger partial charge < -0.3 is 20.5 Å². The van der Waals surface area contributed by atoms with E-state index in [2.05, 4.69) is 17.6 Å². The quantitative estimate of drug-likeness (QED) is 0.512. The van der Waals surface area contributed by atoms with Crippen molar-refractivity contribution in [1.82, 2.24) is 10.6 Å². The molecule has 6 nitrogen and oxygen atoms in total. The molecule has 0 aromatic heterocycles. The third-order valence-electron chi connectivity index (χ3n) is 6.54. The Hall–Kier alpha value is -1.14. The van der Waals surface area contributed by atoms with E-state index in [1.54, 1.807) is 6.92 Å². The van der Waals surface area contributed by atoms with Crippen molar-refractivity contribution in [2.75, 3.05) is 19.8 Å². The van der Waals surface area contributed by atoms with Gasteiger partial charge in [-0.25, -0.2) is 0 Å². The lowest BCUT2D eigenvalue weighted by Gasteiger charge is -2.38. The zero-order chi connectivity index (χ0) is 19.3. The van der Waals surface area contributed by atoms with Crippen LogP contribution in [0.5, 0.6) is 0 Å². The summed E-state index contributed by atoms with van der Waals surface area (Å²) in [6.07, 6.45) is 4.22. The van der Waals surface area contributed by atoms with Crippen molar-refractivity contribution in [3.05, 3.63) is 0 Å². The summed E-state index contributed by atoms with van der Waals surface area (Å²) >= 11 is 0. The summed E-state index contributed by atoms with van der Waals surface area (Å²) in [7, 11) is 0. The number of rotatable bonds is 10. The molecule has 150 valence electrons. The highest BCUT2D eigenvalue weighted by atomic mass is 16.5. The maximum atomic E-state index is 12.6. The molecule has 0 heterocycles. The molecule has 0 aromatic carbocycles. The molecule has 3 N–H and O–H groups in total. The first-order valence-corrected chi connectivity index (χ1v) is 10.1. The van der Waals surface area contributed by atoms with E-state index in [9.17, 15) is 14.7 Å². The predicted octanol–water partition coefficient (Wildman–Crippen LogP) is 1.86. The molecule has 26 heavy (non-hydrogen) atoms. The van der Waals surface area contributed by atoms with E-state index >= 15 is 0 Å². The van der Waals surface area contributed by atoms with Crippen LogP contribution in [0.4, 0.5) is 0 Å². The van der Waals surface area contributed by atoms with Gasteiger partial charge in [0.25, 0.3) is 0 Å². The van der Waals surface area contributed by atoms with E-state index in [1.807, 2.05) is 13.8 Å². The summed E-state index contributed by atoms with van der Waals surface area (Å²) < 4.78 is 5.04. The maximum Gasteiger partial charge on any atom is 0.307 e. The van der Waals surface area contributed by atoms with Crippen molar-refractivity contribution < 1.29 is 19.4 Å². The number of aliphatic hydroxyl groups is 1. The Balaban J connectivity index is 1.95. The number of aliphatic hydroxyl groups excluding tert-OH is 1. The highest BCUT2D eigenvalue weighted by Gasteiger charge is 2.52. The van der Waals surface area contributed by atoms with Crippen molar-refractivity contribution >= 4 is 11.9 Å². The van der Waals surface area contributed by atoms with E-state index in [1.165, 1.54) is 6.42 Å². The molecule has 2 bridgehead atoms. The second-order valence-electron chi connectivity index (χ2n) is 8.49. The van der Waals surface area contributed by atoms with Crippen LogP contribution in [-0.2, 0) is 14.3 Å². The summed E-state index contributed by atoms with van der Waals surface area (Å²) in [5.74, 6) is 1.14. The van der Waals surface area contributed by atoms with E-state index in [0.717, 1.165) is 19.3 Å². The minimum atomic E-state index is -0.562. The Morgan fingerprint density at radius 2 is 2.04 bits per heavy atom. The van der Waals surface area contributed by atoms with Crippen molar-refractivity contribution in [2.45, 2.75) is 71.9 Å². The summed E-state index contributed by atoms with van der Waals surface area (Å²) in [5.41, 5.74) is 0.125. The average Bonchev–Trinajstić information content (AvgIpc) is 3.15. The Labute approximate surface area is 157 Å². The van der Waals surface area contributed by atoms with Gasteiger partial charge >= 0.3 is 5.97 Å². The molecule has 2 rings (SSSR count). The largest absolute Gasteiger partial charge is 0.466 e. The molecule has 2 aliphatic carbocycles. The Kier molecular flexibility index (Phi) is 7.47. The van der Waals surface area contributed by atoms with Crippen LogP contribution in [0.25, 0.3) is 0 Å². The van der Waals surface area contributed by atoms with Crippen molar-refractivity contribution in [3.8, 4) is 0 Å². The number of hydrogen-bond acceptors (Lipinski definition) is 5. The van der Waals surface area contributed by atoms with Gasteiger partial charge in [0.15, 0.2) is 0 Å². The standard InChI is InChI=1S/C20H36N2O4/c1-5-13(3)22-19(25)17(9-18(24)26-6-2)21-12-20(4)10-14-7-16(20)8-15(14)11-23/h13-17,21,23H,5-12H2,1-4H3,(H,22,25). The summed E-state index contributed by atoms with van der Waals surface area (Å²) in [6, 6.07) is -0.481. The van der Waals surface area contributed by atoms with Crippen molar-refractivity contribution in [1.29, 1.82) is 0 Å². The predicted molar refractivity (Wildman–Crippen MR) is 100 cm³/mol. The van der Waals surface area contributed by atoms with E-state index < -0.39 is 6.04 Å². The molecule has 1 amide bonds. The molecule has 2 fully saturated rings. The highest BCUT2D eigenvalue weighted by molar-refractivity contribution is 5.86. The van der Waals surface area contributed by atoms with Gasteiger partial charge in [-0.1, -0.05) is 13.8 Å². The zero-order valence-corrected chi connectivity index (χ0v) is 16.7. The maximum absolute atomic E-state index is 12.6. The molecule has 0 spiro atoms. The lowest BCUT2D eigenvalue weighted by molar-refractivity contribution is -0.145. The van der Waals surface area contributed by atoms with E-state index in [-0.39, 0.29) is 36.4 Å². The zero-order valence-electron chi connectivity index (χ0n) is 16.7. The number of amides is 1. The number of hydrogen-bond donors (Lipinski definition) is 3. The molecule has 0 radical (unpaired) electrons. The fraction of sp³-hybridized carbons (Fsp3) is 0.900. The summed E-state index contributed by atoms with van der Waals surface area (Å²) in [5, 5.41) is 15.8. The molecule has 6 unspecified atom stereocenters. The van der Waals surface area contributed by atoms with Crippen molar-refractivity contribution in [2.24, 2.45) is 23.2 Å². The summed E-state index contributed by atoms with van der Waals surface area (Å²) in [6.45, 7) is 9.35. The topological polar surface area (TPSA) is 87.7 Å². The summed E-state index contributed by atoms with van der Waals surface area (Å²) in [4.78, 5) is 24.5. The molecule has 0 aliphatic heterocycles. The van der Waals surface area contributed by atoms with Crippen LogP contribution < -0.4 is 10.6 Å². The van der Waals surface area contributed by atoms with Gasteiger partial charge in [-0.15, -0.1) is 0 Å². The fourth-order valence-corrected chi connectivity index (χ4v) is 4.68. The number of ether oxygens (including phenoxy) is 1. The van der Waals surface area contributed by atoms with Gasteiger partial charge in [-0.05, 0) is 62.7 Å². The smallest absolute Gasteiger partial charge is 0.307 e. The van der Waals surface area contributed by atoms with Crippen LogP contribution in [0.1, 0.15) is 59.8 Å². The fourth-order valence-electron chi connectivity index (χ4n) is 4.68. The lowest BCUT2D eigenvalue weighted by Crippen LogP contribution is -2.51. The molecule has 2 aliphatic rings. The first-order valence-electron chi connectivity index (χ1n) is 10.1. The van der Waals surface area contributed by atoms with E-state index in [4.69, 9.17) is 4.74 Å². The first-order chi connectivity index (χ1) is 12.3. The average molecular weight is 369 g/mol. The van der Waals surface area contributed by atoms with Gasteiger partial charge in [-0.2, -0.15) is 0 Å². The molecular weight excluding hydrogens is 332 g/mol. The number of carbonyl (C=O) groups is 2. The van der Waals surface area contributed by atoms with Crippen LogP contribution in [0.2, 0.25) is 0 Å². The monoisotopic (exact) mass is 368 g/mol. The second kappa shape index (κ2) is 9.18. The van der Waals surface area contributed by atoms with Crippen LogP contribution in [0, 0.1) is 23.2 Å². The van der Waals surface area contributed by atoms with Gasteiger partial charge in [0.1, 0.15) is 0 Å². The number of carbonyl (C=O) groups excluding carboxylic acids is 2. The second-order valence-corrected chi connectivity index (χ2v) is 8.49. The Morgan fingerprint density at radius 1 is 1.31 bits per heavy atom. The SMILES string of the molecule is CCOC(=O)CC(NCC1(C)CC2CC1CC2CO)C(=O)NC(C)CC. The third kappa shape index (κ3) is 4.97. The van der Waals surface area contributed by atoms with Crippen molar-refractivity contribution in [3.63, 3.8) is 0 Å². The molecular formula is C20H36N2O4. The minimum Gasteiger partial charge on any atom is -0.466 e. The number of nitrogens with one attached hydrogen (secondary N) is 2. The molecule has 6 atom stereocenters. The van der Waals surface area contributed by atoms with E-state index in [0.29, 0.717) is 30.9 Å².